The monoisotopic (exact) mass is 267 g/mol. The van der Waals surface area contributed by atoms with E-state index in [1.807, 2.05) is 0 Å². The van der Waals surface area contributed by atoms with Gasteiger partial charge in [0.25, 0.3) is 0 Å². The molecule has 0 bridgehead atoms. The molecule has 1 aliphatic heterocycles. The standard InChI is InChI=1S/C14H21NO2S/c1-4-15(12-5-7-17-8-6-12)13-9-18-14(10(13)2)11(3)16/h9,12H,4-8H2,1-3H3. The number of hydrogen-bond acceptors (Lipinski definition) is 4. The molecule has 0 N–H and O–H groups in total. The van der Waals surface area contributed by atoms with E-state index in [9.17, 15) is 4.79 Å². The molecule has 0 atom stereocenters. The van der Waals surface area contributed by atoms with Gasteiger partial charge in [-0.05, 0) is 39.2 Å². The van der Waals surface area contributed by atoms with Crippen LogP contribution in [-0.2, 0) is 4.74 Å². The maximum atomic E-state index is 11.5. The van der Waals surface area contributed by atoms with Gasteiger partial charge >= 0.3 is 0 Å². The van der Waals surface area contributed by atoms with Crippen LogP contribution in [0.5, 0.6) is 0 Å². The van der Waals surface area contributed by atoms with Gasteiger partial charge in [-0.1, -0.05) is 0 Å². The molecule has 4 heteroatoms. The van der Waals surface area contributed by atoms with Crippen LogP contribution in [0.2, 0.25) is 0 Å². The molecule has 0 aliphatic carbocycles. The SMILES string of the molecule is CCN(c1csc(C(C)=O)c1C)C1CCOCC1. The summed E-state index contributed by atoms with van der Waals surface area (Å²) in [7, 11) is 0. The Labute approximate surface area is 113 Å². The van der Waals surface area contributed by atoms with Gasteiger partial charge < -0.3 is 9.64 Å². The highest BCUT2D eigenvalue weighted by Crippen LogP contribution is 2.32. The van der Waals surface area contributed by atoms with Gasteiger partial charge in [0.15, 0.2) is 5.78 Å². The number of Topliss-reactive ketones (excluding diaryl/α,β-unsaturated/α-hetero) is 1. The second kappa shape index (κ2) is 5.85. The number of rotatable bonds is 4. The number of hydrogen-bond donors (Lipinski definition) is 0. The van der Waals surface area contributed by atoms with Crippen LogP contribution in [0.3, 0.4) is 0 Å². The van der Waals surface area contributed by atoms with Crippen LogP contribution < -0.4 is 4.90 Å². The van der Waals surface area contributed by atoms with Crippen molar-refractivity contribution < 1.29 is 9.53 Å². The van der Waals surface area contributed by atoms with E-state index < -0.39 is 0 Å². The summed E-state index contributed by atoms with van der Waals surface area (Å²) in [6.07, 6.45) is 2.16. The molecule has 0 unspecified atom stereocenters. The Hall–Kier alpha value is -0.870. The van der Waals surface area contributed by atoms with Crippen LogP contribution >= 0.6 is 11.3 Å². The molecule has 1 aromatic heterocycles. The summed E-state index contributed by atoms with van der Waals surface area (Å²) in [6.45, 7) is 8.57. The number of anilines is 1. The summed E-state index contributed by atoms with van der Waals surface area (Å²) >= 11 is 1.57. The van der Waals surface area contributed by atoms with Crippen LogP contribution in [0.4, 0.5) is 5.69 Å². The molecule has 100 valence electrons. The molecular formula is C14H21NO2S. The summed E-state index contributed by atoms with van der Waals surface area (Å²) < 4.78 is 5.43. The second-order valence-electron chi connectivity index (χ2n) is 4.76. The summed E-state index contributed by atoms with van der Waals surface area (Å²) in [5, 5.41) is 2.13. The number of carbonyl (C=O) groups is 1. The molecule has 0 amide bonds. The lowest BCUT2D eigenvalue weighted by Gasteiger charge is -2.35. The number of nitrogens with zero attached hydrogens (tertiary/aromatic N) is 1. The highest BCUT2D eigenvalue weighted by atomic mass is 32.1. The Bertz CT molecular complexity index is 421. The van der Waals surface area contributed by atoms with Gasteiger partial charge in [0, 0.05) is 31.2 Å². The van der Waals surface area contributed by atoms with E-state index in [1.165, 1.54) is 5.69 Å². The molecule has 1 fully saturated rings. The lowest BCUT2D eigenvalue weighted by molar-refractivity contribution is 0.0846. The van der Waals surface area contributed by atoms with E-state index in [-0.39, 0.29) is 5.78 Å². The predicted molar refractivity (Wildman–Crippen MR) is 75.9 cm³/mol. The van der Waals surface area contributed by atoms with Gasteiger partial charge in [-0.15, -0.1) is 11.3 Å². The number of ketones is 1. The largest absolute Gasteiger partial charge is 0.381 e. The van der Waals surface area contributed by atoms with Gasteiger partial charge in [0.2, 0.25) is 0 Å². The van der Waals surface area contributed by atoms with Crippen molar-refractivity contribution >= 4 is 22.8 Å². The van der Waals surface area contributed by atoms with Gasteiger partial charge in [-0.25, -0.2) is 0 Å². The maximum absolute atomic E-state index is 11.5. The average Bonchev–Trinajstić information content (AvgIpc) is 2.74. The van der Waals surface area contributed by atoms with E-state index in [1.54, 1.807) is 18.3 Å². The molecule has 2 heterocycles. The summed E-state index contributed by atoms with van der Waals surface area (Å²) in [5.74, 6) is 0.173. The molecule has 0 saturated carbocycles. The number of ether oxygens (including phenoxy) is 1. The van der Waals surface area contributed by atoms with Gasteiger partial charge in [-0.3, -0.25) is 4.79 Å². The molecule has 18 heavy (non-hydrogen) atoms. The number of carbonyl (C=O) groups excluding carboxylic acids is 1. The normalized spacial score (nSPS) is 16.8. The van der Waals surface area contributed by atoms with E-state index in [2.05, 4.69) is 24.1 Å². The van der Waals surface area contributed by atoms with Gasteiger partial charge in [0.1, 0.15) is 0 Å². The first-order chi connectivity index (χ1) is 8.65. The molecule has 3 nitrogen and oxygen atoms in total. The van der Waals surface area contributed by atoms with Crippen molar-refractivity contribution in [3.63, 3.8) is 0 Å². The van der Waals surface area contributed by atoms with Crippen molar-refractivity contribution in [3.05, 3.63) is 15.8 Å². The molecule has 0 radical (unpaired) electrons. The van der Waals surface area contributed by atoms with Crippen molar-refractivity contribution in [3.8, 4) is 0 Å². The Kier molecular flexibility index (Phi) is 4.40. The van der Waals surface area contributed by atoms with E-state index in [0.717, 1.165) is 43.0 Å². The van der Waals surface area contributed by atoms with Crippen LogP contribution in [0.15, 0.2) is 5.38 Å². The molecule has 0 spiro atoms. The fourth-order valence-corrected chi connectivity index (χ4v) is 3.65. The zero-order valence-electron chi connectivity index (χ0n) is 11.4. The zero-order chi connectivity index (χ0) is 13.1. The first kappa shape index (κ1) is 13.6. The Balaban J connectivity index is 2.24. The van der Waals surface area contributed by atoms with Crippen molar-refractivity contribution in [2.24, 2.45) is 0 Å². The summed E-state index contributed by atoms with van der Waals surface area (Å²) in [6, 6.07) is 0.553. The molecule has 2 rings (SSSR count). The Morgan fingerprint density at radius 1 is 1.50 bits per heavy atom. The van der Waals surface area contributed by atoms with E-state index in [0.29, 0.717) is 6.04 Å². The Morgan fingerprint density at radius 2 is 2.17 bits per heavy atom. The van der Waals surface area contributed by atoms with Crippen LogP contribution in [0.25, 0.3) is 0 Å². The van der Waals surface area contributed by atoms with Gasteiger partial charge in [-0.2, -0.15) is 0 Å². The van der Waals surface area contributed by atoms with Gasteiger partial charge in [0.05, 0.1) is 10.6 Å². The van der Waals surface area contributed by atoms with Crippen molar-refractivity contribution in [2.45, 2.75) is 39.7 Å². The fourth-order valence-electron chi connectivity index (χ4n) is 2.66. The van der Waals surface area contributed by atoms with Crippen molar-refractivity contribution in [1.29, 1.82) is 0 Å². The quantitative estimate of drug-likeness (QED) is 0.784. The number of thiophene rings is 1. The third kappa shape index (κ3) is 2.59. The highest BCUT2D eigenvalue weighted by molar-refractivity contribution is 7.12. The van der Waals surface area contributed by atoms with E-state index in [4.69, 9.17) is 4.74 Å². The molecule has 0 aromatic carbocycles. The lowest BCUT2D eigenvalue weighted by Crippen LogP contribution is -2.39. The fraction of sp³-hybridized carbons (Fsp3) is 0.643. The van der Waals surface area contributed by atoms with Crippen molar-refractivity contribution in [2.75, 3.05) is 24.7 Å². The minimum absolute atomic E-state index is 0.173. The minimum atomic E-state index is 0.173. The average molecular weight is 267 g/mol. The maximum Gasteiger partial charge on any atom is 0.170 e. The van der Waals surface area contributed by atoms with Crippen LogP contribution in [0.1, 0.15) is 41.9 Å². The molecule has 1 saturated heterocycles. The first-order valence-electron chi connectivity index (χ1n) is 6.58. The highest BCUT2D eigenvalue weighted by Gasteiger charge is 2.24. The van der Waals surface area contributed by atoms with Crippen LogP contribution in [0, 0.1) is 6.92 Å². The summed E-state index contributed by atoms with van der Waals surface area (Å²) in [4.78, 5) is 14.9. The summed E-state index contributed by atoms with van der Waals surface area (Å²) in [5.41, 5.74) is 2.38. The third-order valence-electron chi connectivity index (χ3n) is 3.61. The lowest BCUT2D eigenvalue weighted by atomic mass is 10.1. The first-order valence-corrected chi connectivity index (χ1v) is 7.46. The topological polar surface area (TPSA) is 29.5 Å². The smallest absolute Gasteiger partial charge is 0.170 e. The van der Waals surface area contributed by atoms with E-state index >= 15 is 0 Å². The second-order valence-corrected chi connectivity index (χ2v) is 5.64. The predicted octanol–water partition coefficient (Wildman–Crippen LogP) is 3.26. The zero-order valence-corrected chi connectivity index (χ0v) is 12.2. The third-order valence-corrected chi connectivity index (χ3v) is 4.79. The van der Waals surface area contributed by atoms with Crippen LogP contribution in [-0.4, -0.2) is 31.6 Å². The molecule has 1 aliphatic rings. The Morgan fingerprint density at radius 3 is 2.67 bits per heavy atom. The van der Waals surface area contributed by atoms with Crippen molar-refractivity contribution in [1.82, 2.24) is 0 Å². The molecule has 1 aromatic rings. The minimum Gasteiger partial charge on any atom is -0.381 e. The molecular weight excluding hydrogens is 246 g/mol.